The van der Waals surface area contributed by atoms with Gasteiger partial charge in [0.15, 0.2) is 5.96 Å². The molecule has 2 N–H and O–H groups in total. The number of guanidine groups is 1. The SMILES string of the molecule is CN=C(NC1CCN(CCOC)CC1)NC1C2CCOC2C12CCC2. The summed E-state index contributed by atoms with van der Waals surface area (Å²) in [5.74, 6) is 1.69. The number of nitrogens with one attached hydrogen (secondary N) is 2. The molecule has 4 fully saturated rings. The number of fused-ring (bicyclic) bond motifs is 2. The predicted molar refractivity (Wildman–Crippen MR) is 98.9 cm³/mol. The second-order valence-electron chi connectivity index (χ2n) is 8.28. The average Bonchev–Trinajstić information content (AvgIpc) is 3.01. The highest BCUT2D eigenvalue weighted by Gasteiger charge is 2.66. The van der Waals surface area contributed by atoms with Gasteiger partial charge in [0.25, 0.3) is 0 Å². The van der Waals surface area contributed by atoms with Crippen LogP contribution in [0.25, 0.3) is 0 Å². The van der Waals surface area contributed by atoms with Gasteiger partial charge >= 0.3 is 0 Å². The number of aliphatic imine (C=N–C) groups is 1. The quantitative estimate of drug-likeness (QED) is 0.577. The molecule has 3 unspecified atom stereocenters. The van der Waals surface area contributed by atoms with Gasteiger partial charge in [-0.1, -0.05) is 6.42 Å². The maximum atomic E-state index is 6.03. The van der Waals surface area contributed by atoms with E-state index < -0.39 is 0 Å². The first-order chi connectivity index (χ1) is 12.3. The molecule has 25 heavy (non-hydrogen) atoms. The van der Waals surface area contributed by atoms with E-state index in [0.29, 0.717) is 29.5 Å². The predicted octanol–water partition coefficient (Wildman–Crippen LogP) is 1.22. The summed E-state index contributed by atoms with van der Waals surface area (Å²) in [6.45, 7) is 5.11. The van der Waals surface area contributed by atoms with Gasteiger partial charge in [-0.2, -0.15) is 0 Å². The molecule has 0 aromatic carbocycles. The molecule has 2 heterocycles. The highest BCUT2D eigenvalue weighted by atomic mass is 16.5. The molecule has 0 aromatic heterocycles. The van der Waals surface area contributed by atoms with Crippen LogP contribution < -0.4 is 10.6 Å². The molecule has 6 heteroatoms. The molecule has 0 aromatic rings. The summed E-state index contributed by atoms with van der Waals surface area (Å²) >= 11 is 0. The summed E-state index contributed by atoms with van der Waals surface area (Å²) < 4.78 is 11.2. The van der Waals surface area contributed by atoms with E-state index in [1.165, 1.54) is 38.5 Å². The number of likely N-dealkylation sites (tertiary alicyclic amines) is 1. The van der Waals surface area contributed by atoms with Crippen molar-refractivity contribution in [2.75, 3.05) is 47.0 Å². The fraction of sp³-hybridized carbons (Fsp3) is 0.947. The maximum Gasteiger partial charge on any atom is 0.191 e. The van der Waals surface area contributed by atoms with E-state index in [-0.39, 0.29) is 0 Å². The molecular formula is C19H34N4O2. The highest BCUT2D eigenvalue weighted by Crippen LogP contribution is 2.62. The average molecular weight is 351 g/mol. The summed E-state index contributed by atoms with van der Waals surface area (Å²) in [6.07, 6.45) is 8.07. The maximum absolute atomic E-state index is 6.03. The lowest BCUT2D eigenvalue weighted by molar-refractivity contribution is -0.171. The van der Waals surface area contributed by atoms with Crippen molar-refractivity contribution in [1.82, 2.24) is 15.5 Å². The smallest absolute Gasteiger partial charge is 0.191 e. The van der Waals surface area contributed by atoms with Gasteiger partial charge in [0.05, 0.1) is 12.7 Å². The minimum atomic E-state index is 0.405. The van der Waals surface area contributed by atoms with E-state index in [2.05, 4.69) is 20.5 Å². The zero-order valence-electron chi connectivity index (χ0n) is 15.8. The number of hydrogen-bond acceptors (Lipinski definition) is 4. The van der Waals surface area contributed by atoms with Crippen LogP contribution in [0.4, 0.5) is 0 Å². The van der Waals surface area contributed by atoms with Gasteiger partial charge < -0.3 is 25.0 Å². The monoisotopic (exact) mass is 350 g/mol. The topological polar surface area (TPSA) is 58.1 Å². The van der Waals surface area contributed by atoms with Crippen LogP contribution in [-0.2, 0) is 9.47 Å². The Bertz CT molecular complexity index is 486. The van der Waals surface area contributed by atoms with Crippen LogP contribution in [0.1, 0.15) is 38.5 Å². The number of methoxy groups -OCH3 is 1. The standard InChI is InChI=1S/C19H34N4O2/c1-20-18(21-14-4-9-23(10-5-14)11-13-24-2)22-16-15-6-12-25-17(15)19(16)7-3-8-19/h14-17H,3-13H2,1-2H3,(H2,20,21,22). The molecule has 6 nitrogen and oxygen atoms in total. The third-order valence-corrected chi connectivity index (χ3v) is 7.09. The number of nitrogens with zero attached hydrogens (tertiary/aromatic N) is 2. The molecule has 0 amide bonds. The van der Waals surface area contributed by atoms with Crippen molar-refractivity contribution in [3.63, 3.8) is 0 Å². The number of hydrogen-bond donors (Lipinski definition) is 2. The molecule has 142 valence electrons. The van der Waals surface area contributed by atoms with E-state index in [1.807, 2.05) is 7.05 Å². The molecule has 2 aliphatic heterocycles. The third kappa shape index (κ3) is 3.17. The second kappa shape index (κ2) is 7.41. The Morgan fingerprint density at radius 2 is 2.04 bits per heavy atom. The van der Waals surface area contributed by atoms with E-state index in [0.717, 1.165) is 38.8 Å². The zero-order valence-corrected chi connectivity index (χ0v) is 15.8. The lowest BCUT2D eigenvalue weighted by Gasteiger charge is -2.63. The largest absolute Gasteiger partial charge is 0.383 e. The molecule has 0 bridgehead atoms. The Balaban J connectivity index is 1.28. The Morgan fingerprint density at radius 3 is 2.68 bits per heavy atom. The van der Waals surface area contributed by atoms with E-state index in [9.17, 15) is 0 Å². The molecule has 2 saturated carbocycles. The summed E-state index contributed by atoms with van der Waals surface area (Å²) in [4.78, 5) is 7.02. The van der Waals surface area contributed by atoms with Crippen LogP contribution in [0.3, 0.4) is 0 Å². The molecule has 3 atom stereocenters. The van der Waals surface area contributed by atoms with E-state index in [1.54, 1.807) is 7.11 Å². The van der Waals surface area contributed by atoms with Crippen molar-refractivity contribution in [2.45, 2.75) is 56.7 Å². The number of piperidine rings is 1. The minimum Gasteiger partial charge on any atom is -0.383 e. The van der Waals surface area contributed by atoms with Gasteiger partial charge in [-0.3, -0.25) is 4.99 Å². The fourth-order valence-corrected chi connectivity index (χ4v) is 5.49. The lowest BCUT2D eigenvalue weighted by Crippen LogP contribution is -2.72. The summed E-state index contributed by atoms with van der Waals surface area (Å²) in [5.41, 5.74) is 0.405. The van der Waals surface area contributed by atoms with Gasteiger partial charge in [0, 0.05) is 63.8 Å². The Labute approximate surface area is 151 Å². The van der Waals surface area contributed by atoms with Crippen molar-refractivity contribution in [1.29, 1.82) is 0 Å². The van der Waals surface area contributed by atoms with E-state index >= 15 is 0 Å². The minimum absolute atomic E-state index is 0.405. The first kappa shape index (κ1) is 17.6. The normalized spacial score (nSPS) is 35.1. The van der Waals surface area contributed by atoms with Gasteiger partial charge in [0.2, 0.25) is 0 Å². The van der Waals surface area contributed by atoms with Crippen LogP contribution >= 0.6 is 0 Å². The fourth-order valence-electron chi connectivity index (χ4n) is 5.49. The molecule has 1 spiro atoms. The molecular weight excluding hydrogens is 316 g/mol. The van der Waals surface area contributed by atoms with Crippen molar-refractivity contribution in [3.8, 4) is 0 Å². The Morgan fingerprint density at radius 1 is 1.24 bits per heavy atom. The third-order valence-electron chi connectivity index (χ3n) is 7.09. The summed E-state index contributed by atoms with van der Waals surface area (Å²) in [5, 5.41) is 7.47. The molecule has 0 radical (unpaired) electrons. The van der Waals surface area contributed by atoms with Gasteiger partial charge in [-0.05, 0) is 32.1 Å². The molecule has 4 rings (SSSR count). The number of ether oxygens (including phenoxy) is 2. The lowest BCUT2D eigenvalue weighted by atomic mass is 9.46. The summed E-state index contributed by atoms with van der Waals surface area (Å²) in [6, 6.07) is 1.08. The van der Waals surface area contributed by atoms with E-state index in [4.69, 9.17) is 9.47 Å². The molecule has 4 aliphatic rings. The van der Waals surface area contributed by atoms with Crippen LogP contribution in [-0.4, -0.2) is 76.1 Å². The first-order valence-electron chi connectivity index (χ1n) is 10.1. The van der Waals surface area contributed by atoms with Gasteiger partial charge in [-0.25, -0.2) is 0 Å². The zero-order chi connectivity index (χ0) is 17.3. The van der Waals surface area contributed by atoms with Crippen LogP contribution in [0.2, 0.25) is 0 Å². The van der Waals surface area contributed by atoms with Crippen LogP contribution in [0, 0.1) is 11.3 Å². The van der Waals surface area contributed by atoms with Crippen molar-refractivity contribution >= 4 is 5.96 Å². The van der Waals surface area contributed by atoms with Crippen molar-refractivity contribution in [3.05, 3.63) is 0 Å². The van der Waals surface area contributed by atoms with Gasteiger partial charge in [0.1, 0.15) is 0 Å². The van der Waals surface area contributed by atoms with Crippen molar-refractivity contribution in [2.24, 2.45) is 16.3 Å². The highest BCUT2D eigenvalue weighted by molar-refractivity contribution is 5.80. The molecule has 2 aliphatic carbocycles. The second-order valence-corrected chi connectivity index (χ2v) is 8.28. The van der Waals surface area contributed by atoms with Gasteiger partial charge in [-0.15, -0.1) is 0 Å². The van der Waals surface area contributed by atoms with Crippen LogP contribution in [0.15, 0.2) is 4.99 Å². The van der Waals surface area contributed by atoms with Crippen molar-refractivity contribution < 1.29 is 9.47 Å². The Hall–Kier alpha value is -0.850. The number of rotatable bonds is 5. The van der Waals surface area contributed by atoms with Crippen LogP contribution in [0.5, 0.6) is 0 Å². The Kier molecular flexibility index (Phi) is 5.20. The molecule has 2 saturated heterocycles. The summed E-state index contributed by atoms with van der Waals surface area (Å²) in [7, 11) is 3.68. The first-order valence-corrected chi connectivity index (χ1v) is 10.1.